The monoisotopic (exact) mass is 286 g/mol. The Balaban J connectivity index is 1.59. The molecule has 0 aliphatic heterocycles. The highest BCUT2D eigenvalue weighted by atomic mass is 32.1. The van der Waals surface area contributed by atoms with Crippen molar-refractivity contribution in [2.24, 2.45) is 0 Å². The number of aromatic amines is 1. The van der Waals surface area contributed by atoms with Crippen LogP contribution in [-0.2, 0) is 13.1 Å². The molecule has 2 heterocycles. The Morgan fingerprint density at radius 3 is 2.80 bits per heavy atom. The number of rotatable bonds is 5. The maximum Gasteiger partial charge on any atom is 0.304 e. The normalized spacial score (nSPS) is 10.8. The summed E-state index contributed by atoms with van der Waals surface area (Å²) in [5.41, 5.74) is 2.91. The summed E-state index contributed by atoms with van der Waals surface area (Å²) in [6.07, 6.45) is 1.94. The van der Waals surface area contributed by atoms with Crippen LogP contribution in [0.5, 0.6) is 0 Å². The lowest BCUT2D eigenvalue weighted by Crippen LogP contribution is -2.14. The van der Waals surface area contributed by atoms with Crippen molar-refractivity contribution in [1.29, 1.82) is 0 Å². The molecule has 1 aromatic carbocycles. The van der Waals surface area contributed by atoms with Crippen molar-refractivity contribution >= 4 is 11.3 Å². The van der Waals surface area contributed by atoms with Gasteiger partial charge in [0.1, 0.15) is 0 Å². The predicted molar refractivity (Wildman–Crippen MR) is 79.0 cm³/mol. The number of benzene rings is 1. The van der Waals surface area contributed by atoms with Crippen LogP contribution in [0.4, 0.5) is 0 Å². The molecule has 0 bridgehead atoms. The summed E-state index contributed by atoms with van der Waals surface area (Å²) >= 11 is 1.18. The van der Waals surface area contributed by atoms with Crippen molar-refractivity contribution in [2.75, 3.05) is 0 Å². The third-order valence-electron chi connectivity index (χ3n) is 2.86. The molecule has 2 aromatic heterocycles. The maximum atomic E-state index is 11.0. The summed E-state index contributed by atoms with van der Waals surface area (Å²) in [5.74, 6) is 0. The highest BCUT2D eigenvalue weighted by Gasteiger charge is 2.01. The number of H-pyrrole nitrogens is 1. The van der Waals surface area contributed by atoms with Crippen molar-refractivity contribution in [3.8, 4) is 5.69 Å². The Hall–Kier alpha value is -2.18. The molecule has 0 fully saturated rings. The first-order valence-corrected chi connectivity index (χ1v) is 7.16. The fourth-order valence-corrected chi connectivity index (χ4v) is 2.49. The fourth-order valence-electron chi connectivity index (χ4n) is 1.91. The number of aromatic nitrogens is 3. The van der Waals surface area contributed by atoms with Gasteiger partial charge in [0.15, 0.2) is 0 Å². The molecule has 0 unspecified atom stereocenters. The molecule has 2 N–H and O–H groups in total. The average Bonchev–Trinajstić information content (AvgIpc) is 3.09. The standard InChI is InChI=1S/C14H14N4OS/c19-14-16-12(10-20-14)9-15-8-11-6-7-18(17-11)13-4-2-1-3-5-13/h1-7,10,15H,8-9H2,(H,16,19). The quantitative estimate of drug-likeness (QED) is 0.753. The van der Waals surface area contributed by atoms with Crippen LogP contribution in [0.2, 0.25) is 0 Å². The Kier molecular flexibility index (Phi) is 3.76. The molecule has 20 heavy (non-hydrogen) atoms. The van der Waals surface area contributed by atoms with Crippen LogP contribution in [0.3, 0.4) is 0 Å². The third-order valence-corrected chi connectivity index (χ3v) is 3.58. The molecule has 102 valence electrons. The number of nitrogens with one attached hydrogen (secondary N) is 2. The van der Waals surface area contributed by atoms with Gasteiger partial charge in [0.2, 0.25) is 0 Å². The molecule has 0 radical (unpaired) electrons. The average molecular weight is 286 g/mol. The Morgan fingerprint density at radius 2 is 2.05 bits per heavy atom. The SMILES string of the molecule is O=c1[nH]c(CNCc2ccn(-c3ccccc3)n2)cs1. The smallest absolute Gasteiger partial charge is 0.304 e. The highest BCUT2D eigenvalue weighted by molar-refractivity contribution is 7.07. The second kappa shape index (κ2) is 5.85. The second-order valence-electron chi connectivity index (χ2n) is 4.36. The van der Waals surface area contributed by atoms with E-state index in [0.29, 0.717) is 13.1 Å². The van der Waals surface area contributed by atoms with Gasteiger partial charge in [0.25, 0.3) is 0 Å². The first-order valence-electron chi connectivity index (χ1n) is 6.28. The number of para-hydroxylation sites is 1. The van der Waals surface area contributed by atoms with Gasteiger partial charge in [-0.15, -0.1) is 0 Å². The van der Waals surface area contributed by atoms with Crippen LogP contribution in [-0.4, -0.2) is 14.8 Å². The van der Waals surface area contributed by atoms with Gasteiger partial charge in [-0.2, -0.15) is 5.10 Å². The van der Waals surface area contributed by atoms with Gasteiger partial charge in [0.05, 0.1) is 11.4 Å². The third kappa shape index (κ3) is 3.04. The number of thiazole rings is 1. The van der Waals surface area contributed by atoms with Crippen molar-refractivity contribution < 1.29 is 0 Å². The Labute approximate surface area is 119 Å². The lowest BCUT2D eigenvalue weighted by molar-refractivity contribution is 0.660. The zero-order valence-electron chi connectivity index (χ0n) is 10.7. The molecular weight excluding hydrogens is 272 g/mol. The van der Waals surface area contributed by atoms with E-state index < -0.39 is 0 Å². The summed E-state index contributed by atoms with van der Waals surface area (Å²) < 4.78 is 1.85. The largest absolute Gasteiger partial charge is 0.315 e. The first kappa shape index (κ1) is 12.8. The van der Waals surface area contributed by atoms with E-state index in [9.17, 15) is 4.79 Å². The van der Waals surface area contributed by atoms with E-state index in [2.05, 4.69) is 15.4 Å². The van der Waals surface area contributed by atoms with Gasteiger partial charge in [-0.05, 0) is 18.2 Å². The van der Waals surface area contributed by atoms with E-state index in [1.165, 1.54) is 11.3 Å². The van der Waals surface area contributed by atoms with Gasteiger partial charge in [-0.3, -0.25) is 4.79 Å². The minimum Gasteiger partial charge on any atom is -0.315 e. The molecule has 0 atom stereocenters. The predicted octanol–water partition coefficient (Wildman–Crippen LogP) is 1.91. The van der Waals surface area contributed by atoms with Crippen LogP contribution >= 0.6 is 11.3 Å². The zero-order chi connectivity index (χ0) is 13.8. The summed E-state index contributed by atoms with van der Waals surface area (Å²) in [7, 11) is 0. The minimum atomic E-state index is -0.0184. The molecule has 0 aliphatic carbocycles. The number of hydrogen-bond acceptors (Lipinski definition) is 4. The highest BCUT2D eigenvalue weighted by Crippen LogP contribution is 2.06. The molecule has 0 amide bonds. The van der Waals surface area contributed by atoms with E-state index in [0.717, 1.165) is 17.1 Å². The van der Waals surface area contributed by atoms with Gasteiger partial charge < -0.3 is 10.3 Å². The molecule has 5 nitrogen and oxygen atoms in total. The van der Waals surface area contributed by atoms with E-state index in [1.807, 2.05) is 52.7 Å². The van der Waals surface area contributed by atoms with Crippen LogP contribution in [0.15, 0.2) is 52.8 Å². The first-order chi connectivity index (χ1) is 9.81. The second-order valence-corrected chi connectivity index (χ2v) is 5.21. The summed E-state index contributed by atoms with van der Waals surface area (Å²) in [6, 6.07) is 12.0. The van der Waals surface area contributed by atoms with Crippen LogP contribution in [0, 0.1) is 0 Å². The summed E-state index contributed by atoms with van der Waals surface area (Å²) in [5, 5.41) is 9.59. The van der Waals surface area contributed by atoms with Crippen molar-refractivity contribution in [1.82, 2.24) is 20.1 Å². The van der Waals surface area contributed by atoms with E-state index in [1.54, 1.807) is 0 Å². The zero-order valence-corrected chi connectivity index (χ0v) is 11.6. The van der Waals surface area contributed by atoms with Crippen LogP contribution in [0.1, 0.15) is 11.4 Å². The molecule has 6 heteroatoms. The minimum absolute atomic E-state index is 0.0184. The number of hydrogen-bond donors (Lipinski definition) is 2. The molecule has 0 saturated heterocycles. The lowest BCUT2D eigenvalue weighted by atomic mass is 10.3. The van der Waals surface area contributed by atoms with Crippen molar-refractivity contribution in [3.63, 3.8) is 0 Å². The fraction of sp³-hybridized carbons (Fsp3) is 0.143. The van der Waals surface area contributed by atoms with E-state index in [-0.39, 0.29) is 4.87 Å². The summed E-state index contributed by atoms with van der Waals surface area (Å²) in [6.45, 7) is 1.30. The molecule has 3 rings (SSSR count). The number of nitrogens with zero attached hydrogens (tertiary/aromatic N) is 2. The maximum absolute atomic E-state index is 11.0. The molecule has 0 spiro atoms. The topological polar surface area (TPSA) is 62.7 Å². The Bertz CT molecular complexity index is 729. The van der Waals surface area contributed by atoms with Gasteiger partial charge in [-0.1, -0.05) is 29.5 Å². The van der Waals surface area contributed by atoms with Crippen molar-refractivity contribution in [2.45, 2.75) is 13.1 Å². The summed E-state index contributed by atoms with van der Waals surface area (Å²) in [4.78, 5) is 13.8. The van der Waals surface area contributed by atoms with Crippen molar-refractivity contribution in [3.05, 3.63) is 69.0 Å². The lowest BCUT2D eigenvalue weighted by Gasteiger charge is -2.01. The molecule has 0 aliphatic rings. The van der Waals surface area contributed by atoms with E-state index in [4.69, 9.17) is 0 Å². The van der Waals surface area contributed by atoms with Gasteiger partial charge in [0, 0.05) is 30.4 Å². The molecule has 0 saturated carbocycles. The van der Waals surface area contributed by atoms with Gasteiger partial charge >= 0.3 is 4.87 Å². The molecular formula is C14H14N4OS. The van der Waals surface area contributed by atoms with Crippen LogP contribution in [0.25, 0.3) is 5.69 Å². The van der Waals surface area contributed by atoms with E-state index >= 15 is 0 Å². The van der Waals surface area contributed by atoms with Crippen LogP contribution < -0.4 is 10.2 Å². The Morgan fingerprint density at radius 1 is 1.20 bits per heavy atom. The molecule has 3 aromatic rings. The van der Waals surface area contributed by atoms with Gasteiger partial charge in [-0.25, -0.2) is 4.68 Å².